The second-order valence-electron chi connectivity index (χ2n) is 16.4. The first kappa shape index (κ1) is 49.5. The fraction of sp³-hybridized carbons (Fsp3) is 0.417. The van der Waals surface area contributed by atoms with Gasteiger partial charge in [0.15, 0.2) is 5.82 Å². The van der Waals surface area contributed by atoms with Crippen LogP contribution in [0.15, 0.2) is 66.9 Å². The molecule has 4 unspecified atom stereocenters. The highest BCUT2D eigenvalue weighted by atomic mass is 16.5. The highest BCUT2D eigenvalue weighted by molar-refractivity contribution is 6.00. The SMILES string of the molecule is Cc1nc(-c2ccc(C3CCOCC3)cc2)ncc1C(=O)NC(CCN)C(=O)N(C)C1C(=O)NC(C)C(=O)NC(C(=O)NCC#N)Cc2ccc(OCCN)c(c2)-c2cc1ccc2OCCN. The Bertz CT molecular complexity index is 2460. The quantitative estimate of drug-likeness (QED) is 0.0785. The summed E-state index contributed by atoms with van der Waals surface area (Å²) < 4.78 is 17.7. The van der Waals surface area contributed by atoms with Crippen molar-refractivity contribution in [3.63, 3.8) is 0 Å². The lowest BCUT2D eigenvalue weighted by Crippen LogP contribution is -2.56. The summed E-state index contributed by atoms with van der Waals surface area (Å²) in [5.41, 5.74) is 22.1. The normalized spacial score (nSPS) is 18.0. The zero-order chi connectivity index (χ0) is 48.0. The van der Waals surface area contributed by atoms with Gasteiger partial charge < -0.3 is 57.6 Å². The molecule has 0 saturated carbocycles. The van der Waals surface area contributed by atoms with Gasteiger partial charge in [0.2, 0.25) is 23.6 Å². The molecule has 6 rings (SSSR count). The number of carbonyl (C=O) groups is 5. The van der Waals surface area contributed by atoms with E-state index in [-0.39, 0.29) is 57.8 Å². The second kappa shape index (κ2) is 23.5. The molecule has 3 heterocycles. The predicted molar refractivity (Wildman–Crippen MR) is 248 cm³/mol. The third-order valence-corrected chi connectivity index (χ3v) is 11.7. The summed E-state index contributed by atoms with van der Waals surface area (Å²) in [5, 5.41) is 19.9. The van der Waals surface area contributed by atoms with Gasteiger partial charge in [0.1, 0.15) is 55.4 Å². The number of rotatable bonds is 16. The molecular formula is C48H59N11O8. The van der Waals surface area contributed by atoms with Crippen molar-refractivity contribution in [2.24, 2.45) is 17.2 Å². The van der Waals surface area contributed by atoms with Crippen LogP contribution in [0.1, 0.15) is 70.9 Å². The summed E-state index contributed by atoms with van der Waals surface area (Å²) in [7, 11) is 1.41. The number of hydrogen-bond donors (Lipinski definition) is 7. The summed E-state index contributed by atoms with van der Waals surface area (Å²) >= 11 is 0. The van der Waals surface area contributed by atoms with Crippen molar-refractivity contribution in [1.82, 2.24) is 36.1 Å². The fourth-order valence-corrected chi connectivity index (χ4v) is 8.13. The van der Waals surface area contributed by atoms with Crippen LogP contribution in [0.5, 0.6) is 11.5 Å². The van der Waals surface area contributed by atoms with Gasteiger partial charge in [0.05, 0.1) is 17.3 Å². The minimum absolute atomic E-state index is 0.000517. The van der Waals surface area contributed by atoms with E-state index in [1.165, 1.54) is 30.6 Å². The molecular weight excluding hydrogens is 859 g/mol. The average Bonchev–Trinajstić information content (AvgIpc) is 3.34. The predicted octanol–water partition coefficient (Wildman–Crippen LogP) is 1.52. The molecule has 2 aliphatic rings. The number of nitriles is 1. The molecule has 2 aliphatic heterocycles. The largest absolute Gasteiger partial charge is 0.492 e. The first-order valence-electron chi connectivity index (χ1n) is 22.3. The number of aromatic nitrogens is 2. The molecule has 10 N–H and O–H groups in total. The van der Waals surface area contributed by atoms with E-state index >= 15 is 0 Å². The molecule has 1 saturated heterocycles. The van der Waals surface area contributed by atoms with E-state index in [0.29, 0.717) is 51.2 Å². The Labute approximate surface area is 389 Å². The molecule has 4 atom stereocenters. The van der Waals surface area contributed by atoms with E-state index < -0.39 is 53.7 Å². The van der Waals surface area contributed by atoms with Gasteiger partial charge in [-0.3, -0.25) is 24.0 Å². The van der Waals surface area contributed by atoms with Crippen LogP contribution in [0.25, 0.3) is 22.5 Å². The lowest BCUT2D eigenvalue weighted by atomic mass is 9.91. The minimum atomic E-state index is -1.40. The van der Waals surface area contributed by atoms with E-state index in [1.54, 1.807) is 43.3 Å². The highest BCUT2D eigenvalue weighted by Crippen LogP contribution is 2.40. The Balaban J connectivity index is 1.34. The maximum absolute atomic E-state index is 14.7. The number of hydrogen-bond acceptors (Lipinski definition) is 14. The topological polar surface area (TPSA) is 292 Å². The number of fused-ring (bicyclic) bond motifs is 5. The number of carbonyl (C=O) groups excluding carboxylic acids is 5. The van der Waals surface area contributed by atoms with E-state index in [1.807, 2.05) is 18.2 Å². The summed E-state index contributed by atoms with van der Waals surface area (Å²) in [6.07, 6.45) is 3.34. The van der Waals surface area contributed by atoms with Crippen molar-refractivity contribution in [1.29, 1.82) is 5.26 Å². The first-order chi connectivity index (χ1) is 32.4. The van der Waals surface area contributed by atoms with E-state index in [4.69, 9.17) is 36.7 Å². The lowest BCUT2D eigenvalue weighted by molar-refractivity contribution is -0.141. The molecule has 354 valence electrons. The number of benzene rings is 3. The van der Waals surface area contributed by atoms with Gasteiger partial charge in [-0.25, -0.2) is 9.97 Å². The van der Waals surface area contributed by atoms with E-state index in [2.05, 4.69) is 43.4 Å². The van der Waals surface area contributed by atoms with Crippen LogP contribution in [0.3, 0.4) is 0 Å². The van der Waals surface area contributed by atoms with Crippen LogP contribution in [0.2, 0.25) is 0 Å². The number of nitrogens with one attached hydrogen (secondary N) is 4. The first-order valence-corrected chi connectivity index (χ1v) is 22.3. The molecule has 0 radical (unpaired) electrons. The Morgan fingerprint density at radius 1 is 0.910 bits per heavy atom. The Morgan fingerprint density at radius 2 is 1.57 bits per heavy atom. The zero-order valence-corrected chi connectivity index (χ0v) is 38.0. The standard InChI is InChI=1S/C48H59N11O8/c1-28-37(27-54-43(55-28)33-7-5-31(6-8-33)32-13-20-65-21-14-32)45(61)57-38(12-15-49)48(64)59(3)42-34-9-11-41(67-23-18-52)36(26-34)35-24-30(4-10-40(35)66-22-17-51)25-39(46(62)53-19-16-50)58-44(60)29(2)56-47(42)63/h4-11,24,26-27,29,32,38-39,42H,12-15,17-23,25,49,51-52H2,1-3H3,(H,53,62)(H,56,63)(H,57,61)(H,58,60). The molecule has 19 nitrogen and oxygen atoms in total. The van der Waals surface area contributed by atoms with Gasteiger partial charge in [-0.2, -0.15) is 5.26 Å². The van der Waals surface area contributed by atoms with Gasteiger partial charge in [0.25, 0.3) is 5.91 Å². The van der Waals surface area contributed by atoms with Gasteiger partial charge >= 0.3 is 0 Å². The second-order valence-corrected chi connectivity index (χ2v) is 16.4. The summed E-state index contributed by atoms with van der Waals surface area (Å²) in [5.74, 6) is -1.73. The summed E-state index contributed by atoms with van der Waals surface area (Å²) in [6.45, 7) is 4.96. The van der Waals surface area contributed by atoms with Crippen molar-refractivity contribution < 1.29 is 38.2 Å². The molecule has 19 heteroatoms. The molecule has 4 aromatic rings. The van der Waals surface area contributed by atoms with Crippen LogP contribution < -0.4 is 47.9 Å². The van der Waals surface area contributed by atoms with Gasteiger partial charge in [-0.15, -0.1) is 0 Å². The molecule has 0 aliphatic carbocycles. The number of nitrogens with zero attached hydrogens (tertiary/aromatic N) is 4. The molecule has 3 aromatic carbocycles. The fourth-order valence-electron chi connectivity index (χ4n) is 8.13. The van der Waals surface area contributed by atoms with Crippen molar-refractivity contribution in [2.45, 2.75) is 69.6 Å². The Morgan fingerprint density at radius 3 is 2.21 bits per heavy atom. The number of nitrogens with two attached hydrogens (primary N) is 3. The summed E-state index contributed by atoms with van der Waals surface area (Å²) in [4.78, 5) is 80.6. The third-order valence-electron chi connectivity index (χ3n) is 11.7. The van der Waals surface area contributed by atoms with Crippen molar-refractivity contribution in [2.75, 3.05) is 59.7 Å². The molecule has 0 spiro atoms. The monoisotopic (exact) mass is 917 g/mol. The van der Waals surface area contributed by atoms with Crippen molar-refractivity contribution in [3.8, 4) is 40.1 Å². The van der Waals surface area contributed by atoms with Crippen LogP contribution in [-0.2, 0) is 30.3 Å². The number of likely N-dealkylation sites (N-methyl/N-ethyl adjacent to an activating group) is 1. The van der Waals surface area contributed by atoms with Crippen LogP contribution in [0.4, 0.5) is 0 Å². The molecule has 4 bridgehead atoms. The molecule has 1 aromatic heterocycles. The molecule has 5 amide bonds. The third kappa shape index (κ3) is 12.3. The van der Waals surface area contributed by atoms with Crippen molar-refractivity contribution >= 4 is 29.5 Å². The maximum atomic E-state index is 14.7. The van der Waals surface area contributed by atoms with Gasteiger partial charge in [0, 0.05) is 62.7 Å². The number of aryl methyl sites for hydroxylation is 1. The number of ether oxygens (including phenoxy) is 3. The van der Waals surface area contributed by atoms with E-state index in [0.717, 1.165) is 31.6 Å². The average molecular weight is 918 g/mol. The van der Waals surface area contributed by atoms with Gasteiger partial charge in [-0.05, 0) is 86.5 Å². The molecule has 1 fully saturated rings. The van der Waals surface area contributed by atoms with E-state index in [9.17, 15) is 24.0 Å². The Hall–Kier alpha value is -6.98. The van der Waals surface area contributed by atoms with Crippen molar-refractivity contribution in [3.05, 3.63) is 94.8 Å². The van der Waals surface area contributed by atoms with Gasteiger partial charge in [-0.1, -0.05) is 36.4 Å². The highest BCUT2D eigenvalue weighted by Gasteiger charge is 2.36. The maximum Gasteiger partial charge on any atom is 0.255 e. The lowest BCUT2D eigenvalue weighted by Gasteiger charge is -2.32. The zero-order valence-electron chi connectivity index (χ0n) is 38.0. The smallest absolute Gasteiger partial charge is 0.255 e. The van der Waals surface area contributed by atoms with Crippen LogP contribution >= 0.6 is 0 Å². The van der Waals surface area contributed by atoms with Crippen LogP contribution in [-0.4, -0.2) is 122 Å². The molecule has 67 heavy (non-hydrogen) atoms. The van der Waals surface area contributed by atoms with Crippen LogP contribution in [0, 0.1) is 18.3 Å². The minimum Gasteiger partial charge on any atom is -0.492 e. The number of amides is 5. The summed E-state index contributed by atoms with van der Waals surface area (Å²) in [6, 6.07) is 15.1. The Kier molecular flexibility index (Phi) is 17.3.